The van der Waals surface area contributed by atoms with Crippen molar-refractivity contribution in [2.45, 2.75) is 27.7 Å². The first-order valence-corrected chi connectivity index (χ1v) is 12.0. The van der Waals surface area contributed by atoms with Crippen molar-refractivity contribution in [3.63, 3.8) is 0 Å². The molecule has 0 saturated heterocycles. The third-order valence-electron chi connectivity index (χ3n) is 4.92. The van der Waals surface area contributed by atoms with Crippen molar-refractivity contribution < 1.29 is 24.9 Å². The van der Waals surface area contributed by atoms with Crippen LogP contribution in [0, 0.1) is 13.8 Å². The predicted octanol–water partition coefficient (Wildman–Crippen LogP) is 6.63. The SMILES string of the molecule is CC.CO.Cc1cc(/C=C/C(=O)O)ccc1N=Cc1ccc(C=Nc2ccc(/C=C/C(=O)O)cc2C)cc1. The van der Waals surface area contributed by atoms with Gasteiger partial charge in [0.05, 0.1) is 11.4 Å². The number of aliphatic hydroxyl groups is 1. The summed E-state index contributed by atoms with van der Waals surface area (Å²) >= 11 is 0. The summed E-state index contributed by atoms with van der Waals surface area (Å²) in [5.74, 6) is -1.96. The number of carboxylic acids is 2. The summed E-state index contributed by atoms with van der Waals surface area (Å²) in [6.45, 7) is 7.86. The van der Waals surface area contributed by atoms with E-state index in [9.17, 15) is 9.59 Å². The molecule has 7 heteroatoms. The number of aliphatic hydroxyl groups excluding tert-OH is 1. The van der Waals surface area contributed by atoms with Crippen molar-refractivity contribution in [1.82, 2.24) is 0 Å². The number of nitrogens with zero attached hydrogens (tertiary/aromatic N) is 2. The number of hydrogen-bond acceptors (Lipinski definition) is 5. The third-order valence-corrected chi connectivity index (χ3v) is 4.92. The molecule has 3 rings (SSSR count). The molecule has 0 radical (unpaired) electrons. The molecule has 7 nitrogen and oxygen atoms in total. The number of rotatable bonds is 8. The van der Waals surface area contributed by atoms with Crippen molar-refractivity contribution in [3.05, 3.63) is 106 Å². The highest BCUT2D eigenvalue weighted by atomic mass is 16.4. The molecule has 3 N–H and O–H groups in total. The quantitative estimate of drug-likeness (QED) is 0.230. The monoisotopic (exact) mass is 514 g/mol. The third kappa shape index (κ3) is 11.0. The van der Waals surface area contributed by atoms with Gasteiger partial charge in [0.1, 0.15) is 0 Å². The predicted molar refractivity (Wildman–Crippen MR) is 156 cm³/mol. The second-order valence-electron chi connectivity index (χ2n) is 7.62. The Labute approximate surface area is 223 Å². The van der Waals surface area contributed by atoms with Crippen LogP contribution in [-0.4, -0.2) is 46.8 Å². The van der Waals surface area contributed by atoms with Gasteiger partial charge in [-0.15, -0.1) is 0 Å². The first kappa shape index (κ1) is 31.4. The molecule has 0 aliphatic heterocycles. The Morgan fingerprint density at radius 2 is 0.921 bits per heavy atom. The Balaban J connectivity index is 0.00000172. The Morgan fingerprint density at radius 3 is 1.21 bits per heavy atom. The van der Waals surface area contributed by atoms with Crippen molar-refractivity contribution in [1.29, 1.82) is 0 Å². The van der Waals surface area contributed by atoms with Crippen molar-refractivity contribution in [3.8, 4) is 0 Å². The van der Waals surface area contributed by atoms with Crippen LogP contribution >= 0.6 is 0 Å². The molecular formula is C31H34N2O5. The number of carboxylic acid groups (broad SMARTS) is 2. The molecule has 3 aromatic carbocycles. The highest BCUT2D eigenvalue weighted by molar-refractivity contribution is 5.88. The standard InChI is InChI=1S/C28H24N2O4.C2H6.CH4O/c1-19-15-21(9-13-27(31)32)7-11-25(19)29-17-23-3-5-24(6-4-23)18-30-26-12-8-22(16-20(26)2)10-14-28(33)34;2*1-2/h3-18H,1-2H3,(H,31,32)(H,33,34);1-2H3;2H,1H3/b13-9+,14-10+,29-17?,30-18?;;. The van der Waals surface area contributed by atoms with E-state index in [1.165, 1.54) is 0 Å². The van der Waals surface area contributed by atoms with Gasteiger partial charge in [0.25, 0.3) is 0 Å². The number of aliphatic imine (C=N–C) groups is 2. The minimum Gasteiger partial charge on any atom is -0.478 e. The van der Waals surface area contributed by atoms with Gasteiger partial charge in [0, 0.05) is 31.7 Å². The topological polar surface area (TPSA) is 120 Å². The van der Waals surface area contributed by atoms with E-state index < -0.39 is 11.9 Å². The molecule has 0 aliphatic carbocycles. The van der Waals surface area contributed by atoms with Gasteiger partial charge in [-0.1, -0.05) is 50.2 Å². The number of hydrogen-bond donors (Lipinski definition) is 3. The van der Waals surface area contributed by atoms with E-state index in [0.717, 1.165) is 64.0 Å². The van der Waals surface area contributed by atoms with Gasteiger partial charge in [-0.25, -0.2) is 9.59 Å². The normalized spacial score (nSPS) is 10.9. The van der Waals surface area contributed by atoms with Crippen molar-refractivity contribution >= 4 is 47.9 Å². The van der Waals surface area contributed by atoms with E-state index >= 15 is 0 Å². The van der Waals surface area contributed by atoms with E-state index in [2.05, 4.69) is 9.98 Å². The Bertz CT molecular complexity index is 1220. The fourth-order valence-electron chi connectivity index (χ4n) is 3.15. The van der Waals surface area contributed by atoms with Gasteiger partial charge in [0.15, 0.2) is 0 Å². The fourth-order valence-corrected chi connectivity index (χ4v) is 3.15. The van der Waals surface area contributed by atoms with Crippen LogP contribution in [0.15, 0.2) is 82.8 Å². The summed E-state index contributed by atoms with van der Waals surface area (Å²) in [6, 6.07) is 19.0. The zero-order valence-electron chi connectivity index (χ0n) is 22.3. The van der Waals surface area contributed by atoms with Gasteiger partial charge in [-0.3, -0.25) is 9.98 Å². The molecule has 0 atom stereocenters. The highest BCUT2D eigenvalue weighted by Crippen LogP contribution is 2.22. The summed E-state index contributed by atoms with van der Waals surface area (Å²) in [5, 5.41) is 24.5. The molecule has 0 aromatic heterocycles. The lowest BCUT2D eigenvalue weighted by Gasteiger charge is -2.03. The molecule has 0 aliphatic rings. The molecule has 3 aromatic rings. The molecule has 0 unspecified atom stereocenters. The second kappa shape index (κ2) is 16.9. The van der Waals surface area contributed by atoms with E-state index in [4.69, 9.17) is 15.3 Å². The lowest BCUT2D eigenvalue weighted by atomic mass is 10.1. The average Bonchev–Trinajstić information content (AvgIpc) is 2.92. The van der Waals surface area contributed by atoms with Crippen LogP contribution in [0.2, 0.25) is 0 Å². The lowest BCUT2D eigenvalue weighted by Crippen LogP contribution is -1.87. The number of aryl methyl sites for hydroxylation is 2. The van der Waals surface area contributed by atoms with Gasteiger partial charge in [0.2, 0.25) is 0 Å². The van der Waals surface area contributed by atoms with Gasteiger partial charge in [-0.2, -0.15) is 0 Å². The smallest absolute Gasteiger partial charge is 0.328 e. The van der Waals surface area contributed by atoms with Gasteiger partial charge < -0.3 is 15.3 Å². The zero-order chi connectivity index (χ0) is 28.5. The van der Waals surface area contributed by atoms with Crippen LogP contribution in [0.4, 0.5) is 11.4 Å². The fraction of sp³-hybridized carbons (Fsp3) is 0.161. The Kier molecular flexibility index (Phi) is 14.0. The molecule has 0 spiro atoms. The lowest BCUT2D eigenvalue weighted by molar-refractivity contribution is -0.132. The molecule has 0 bridgehead atoms. The summed E-state index contributed by atoms with van der Waals surface area (Å²) in [6.07, 6.45) is 8.88. The van der Waals surface area contributed by atoms with E-state index in [-0.39, 0.29) is 0 Å². The van der Waals surface area contributed by atoms with E-state index in [1.807, 2.05) is 88.4 Å². The Hall–Kier alpha value is -4.62. The first-order chi connectivity index (χ1) is 18.3. The minimum atomic E-state index is -0.980. The molecule has 0 fully saturated rings. The first-order valence-electron chi connectivity index (χ1n) is 12.0. The van der Waals surface area contributed by atoms with Crippen molar-refractivity contribution in [2.75, 3.05) is 7.11 Å². The molecule has 0 heterocycles. The molecule has 38 heavy (non-hydrogen) atoms. The zero-order valence-corrected chi connectivity index (χ0v) is 22.3. The maximum Gasteiger partial charge on any atom is 0.328 e. The number of benzene rings is 3. The summed E-state index contributed by atoms with van der Waals surface area (Å²) in [4.78, 5) is 30.4. The second-order valence-corrected chi connectivity index (χ2v) is 7.62. The van der Waals surface area contributed by atoms with E-state index in [1.54, 1.807) is 24.6 Å². The van der Waals surface area contributed by atoms with Crippen LogP contribution in [0.3, 0.4) is 0 Å². The minimum absolute atomic E-state index is 0.809. The number of aliphatic carboxylic acids is 2. The van der Waals surface area contributed by atoms with Crippen molar-refractivity contribution in [2.24, 2.45) is 9.98 Å². The summed E-state index contributed by atoms with van der Waals surface area (Å²) in [7, 11) is 1.00. The largest absolute Gasteiger partial charge is 0.478 e. The summed E-state index contributed by atoms with van der Waals surface area (Å²) < 4.78 is 0. The van der Waals surface area contributed by atoms with Crippen LogP contribution in [0.1, 0.15) is 47.2 Å². The molecule has 0 amide bonds. The van der Waals surface area contributed by atoms with Crippen LogP contribution < -0.4 is 0 Å². The van der Waals surface area contributed by atoms with E-state index in [0.29, 0.717) is 0 Å². The van der Waals surface area contributed by atoms with Gasteiger partial charge in [-0.05, 0) is 83.6 Å². The maximum absolute atomic E-state index is 10.7. The average molecular weight is 515 g/mol. The summed E-state index contributed by atoms with van der Waals surface area (Å²) in [5.41, 5.74) is 7.03. The molecule has 0 saturated carbocycles. The van der Waals surface area contributed by atoms with Gasteiger partial charge >= 0.3 is 11.9 Å². The Morgan fingerprint density at radius 1 is 0.605 bits per heavy atom. The maximum atomic E-state index is 10.7. The molecular weight excluding hydrogens is 480 g/mol. The number of carbonyl (C=O) groups is 2. The van der Waals surface area contributed by atoms with Crippen LogP contribution in [0.25, 0.3) is 12.2 Å². The van der Waals surface area contributed by atoms with Crippen LogP contribution in [-0.2, 0) is 9.59 Å². The van der Waals surface area contributed by atoms with Crippen LogP contribution in [0.5, 0.6) is 0 Å². The highest BCUT2D eigenvalue weighted by Gasteiger charge is 2.00. The molecule has 198 valence electrons.